The molecule has 70 valence electrons. The summed E-state index contributed by atoms with van der Waals surface area (Å²) in [7, 11) is 0. The summed E-state index contributed by atoms with van der Waals surface area (Å²) in [5, 5.41) is 0. The van der Waals surface area contributed by atoms with E-state index in [9.17, 15) is 0 Å². The van der Waals surface area contributed by atoms with E-state index in [1.165, 1.54) is 18.4 Å². The fraction of sp³-hybridized carbons (Fsp3) is 0.455. The van der Waals surface area contributed by atoms with Crippen molar-refractivity contribution < 1.29 is 0 Å². The molecule has 0 bridgehead atoms. The van der Waals surface area contributed by atoms with Crippen molar-refractivity contribution in [2.24, 2.45) is 11.7 Å². The molecule has 0 spiro atoms. The summed E-state index contributed by atoms with van der Waals surface area (Å²) in [4.78, 5) is 0. The Hall–Kier alpha value is -1.02. The van der Waals surface area contributed by atoms with Crippen molar-refractivity contribution in [1.82, 2.24) is 0 Å². The van der Waals surface area contributed by atoms with Gasteiger partial charge in [0.2, 0.25) is 0 Å². The lowest BCUT2D eigenvalue weighted by Gasteiger charge is -2.14. The average molecular weight is 176 g/mol. The monoisotopic (exact) mass is 176 g/mol. The first kappa shape index (κ1) is 8.57. The van der Waals surface area contributed by atoms with E-state index in [0.29, 0.717) is 5.92 Å². The molecule has 2 heteroatoms. The van der Waals surface area contributed by atoms with Gasteiger partial charge < -0.3 is 11.5 Å². The number of anilines is 1. The van der Waals surface area contributed by atoms with Crippen LogP contribution in [0.1, 0.15) is 30.0 Å². The highest BCUT2D eigenvalue weighted by atomic mass is 14.7. The number of aryl methyl sites for hydroxylation is 1. The van der Waals surface area contributed by atoms with Gasteiger partial charge in [-0.25, -0.2) is 0 Å². The van der Waals surface area contributed by atoms with Crippen LogP contribution in [0.2, 0.25) is 0 Å². The first-order valence-electron chi connectivity index (χ1n) is 4.80. The van der Waals surface area contributed by atoms with E-state index < -0.39 is 0 Å². The molecular formula is C11H16N2. The van der Waals surface area contributed by atoms with E-state index >= 15 is 0 Å². The molecule has 2 rings (SSSR count). The minimum atomic E-state index is 0.153. The summed E-state index contributed by atoms with van der Waals surface area (Å²) in [5.74, 6) is 0.670. The Morgan fingerprint density at radius 3 is 2.69 bits per heavy atom. The van der Waals surface area contributed by atoms with Crippen LogP contribution in [0.15, 0.2) is 18.2 Å². The standard InChI is InChI=1S/C11H16N2/c1-7-2-5-10(12)9(6-7)11(13)8-3-4-8/h2,5-6,8,11H,3-4,12-13H2,1H3/t11-/m0/s1. The molecular weight excluding hydrogens is 160 g/mol. The molecule has 13 heavy (non-hydrogen) atoms. The van der Waals surface area contributed by atoms with Gasteiger partial charge in [-0.3, -0.25) is 0 Å². The van der Waals surface area contributed by atoms with Gasteiger partial charge in [0, 0.05) is 11.7 Å². The third-order valence-electron chi connectivity index (χ3n) is 2.73. The smallest absolute Gasteiger partial charge is 0.0362 e. The Kier molecular flexibility index (Phi) is 2.00. The molecule has 1 atom stereocenters. The quantitative estimate of drug-likeness (QED) is 0.677. The molecule has 0 saturated heterocycles. The molecule has 2 nitrogen and oxygen atoms in total. The first-order valence-corrected chi connectivity index (χ1v) is 4.80. The summed E-state index contributed by atoms with van der Waals surface area (Å²) >= 11 is 0. The van der Waals surface area contributed by atoms with Gasteiger partial charge in [-0.05, 0) is 37.3 Å². The van der Waals surface area contributed by atoms with E-state index in [-0.39, 0.29) is 6.04 Å². The predicted molar refractivity (Wildman–Crippen MR) is 55.2 cm³/mol. The second-order valence-electron chi connectivity index (χ2n) is 4.00. The van der Waals surface area contributed by atoms with E-state index in [4.69, 9.17) is 11.5 Å². The summed E-state index contributed by atoms with van der Waals surface area (Å²) in [5.41, 5.74) is 15.2. The maximum Gasteiger partial charge on any atom is 0.0362 e. The zero-order valence-corrected chi connectivity index (χ0v) is 7.96. The minimum absolute atomic E-state index is 0.153. The molecule has 0 amide bonds. The SMILES string of the molecule is Cc1ccc(N)c([C@@H](N)C2CC2)c1. The number of benzene rings is 1. The highest BCUT2D eigenvalue weighted by molar-refractivity contribution is 5.50. The zero-order valence-electron chi connectivity index (χ0n) is 7.96. The summed E-state index contributed by atoms with van der Waals surface area (Å²) in [6.07, 6.45) is 2.52. The first-order chi connectivity index (χ1) is 6.18. The van der Waals surface area contributed by atoms with Gasteiger partial charge in [-0.1, -0.05) is 17.7 Å². The van der Waals surface area contributed by atoms with Crippen LogP contribution in [-0.2, 0) is 0 Å². The summed E-state index contributed by atoms with van der Waals surface area (Å²) < 4.78 is 0. The van der Waals surface area contributed by atoms with Crippen molar-refractivity contribution in [3.63, 3.8) is 0 Å². The third kappa shape index (κ3) is 1.68. The maximum absolute atomic E-state index is 6.09. The van der Waals surface area contributed by atoms with Gasteiger partial charge in [-0.15, -0.1) is 0 Å². The van der Waals surface area contributed by atoms with Gasteiger partial charge in [0.25, 0.3) is 0 Å². The lowest BCUT2D eigenvalue weighted by atomic mass is 9.99. The zero-order chi connectivity index (χ0) is 9.42. The molecule has 4 N–H and O–H groups in total. The molecule has 0 heterocycles. The lowest BCUT2D eigenvalue weighted by Crippen LogP contribution is -2.14. The summed E-state index contributed by atoms with van der Waals surface area (Å²) in [6, 6.07) is 6.24. The molecule has 1 fully saturated rings. The molecule has 1 aromatic rings. The van der Waals surface area contributed by atoms with Crippen LogP contribution in [0, 0.1) is 12.8 Å². The number of hydrogen-bond acceptors (Lipinski definition) is 2. The largest absolute Gasteiger partial charge is 0.398 e. The Morgan fingerprint density at radius 1 is 1.38 bits per heavy atom. The van der Waals surface area contributed by atoms with E-state index in [1.54, 1.807) is 0 Å². The van der Waals surface area contributed by atoms with E-state index in [2.05, 4.69) is 13.0 Å². The minimum Gasteiger partial charge on any atom is -0.398 e. The van der Waals surface area contributed by atoms with Crippen molar-refractivity contribution in [3.05, 3.63) is 29.3 Å². The van der Waals surface area contributed by atoms with Gasteiger partial charge >= 0.3 is 0 Å². The predicted octanol–water partition coefficient (Wildman–Crippen LogP) is 1.99. The van der Waals surface area contributed by atoms with E-state index in [0.717, 1.165) is 11.3 Å². The molecule has 0 unspecified atom stereocenters. The van der Waals surface area contributed by atoms with Gasteiger partial charge in [0.15, 0.2) is 0 Å². The molecule has 0 aromatic heterocycles. The van der Waals surface area contributed by atoms with Crippen molar-refractivity contribution in [1.29, 1.82) is 0 Å². The van der Waals surface area contributed by atoms with E-state index in [1.807, 2.05) is 12.1 Å². The van der Waals surface area contributed by atoms with Crippen molar-refractivity contribution in [2.45, 2.75) is 25.8 Å². The normalized spacial score (nSPS) is 18.6. The Balaban J connectivity index is 2.31. The molecule has 1 aromatic carbocycles. The average Bonchev–Trinajstić information content (AvgIpc) is 2.91. The van der Waals surface area contributed by atoms with Gasteiger partial charge in [-0.2, -0.15) is 0 Å². The van der Waals surface area contributed by atoms with Crippen molar-refractivity contribution in [2.75, 3.05) is 5.73 Å². The van der Waals surface area contributed by atoms with Crippen molar-refractivity contribution >= 4 is 5.69 Å². The van der Waals surface area contributed by atoms with Gasteiger partial charge in [0.05, 0.1) is 0 Å². The highest BCUT2D eigenvalue weighted by Gasteiger charge is 2.30. The highest BCUT2D eigenvalue weighted by Crippen LogP contribution is 2.41. The van der Waals surface area contributed by atoms with Crippen LogP contribution < -0.4 is 11.5 Å². The molecule has 0 aliphatic heterocycles. The van der Waals surface area contributed by atoms with Crippen LogP contribution >= 0.6 is 0 Å². The Bertz CT molecular complexity index is 316. The molecule has 1 aliphatic rings. The topological polar surface area (TPSA) is 52.0 Å². The van der Waals surface area contributed by atoms with Gasteiger partial charge in [0.1, 0.15) is 0 Å². The van der Waals surface area contributed by atoms with Crippen molar-refractivity contribution in [3.8, 4) is 0 Å². The van der Waals surface area contributed by atoms with Crippen LogP contribution in [-0.4, -0.2) is 0 Å². The van der Waals surface area contributed by atoms with Crippen LogP contribution in [0.5, 0.6) is 0 Å². The Morgan fingerprint density at radius 2 is 2.08 bits per heavy atom. The number of nitrogens with two attached hydrogens (primary N) is 2. The number of hydrogen-bond donors (Lipinski definition) is 2. The van der Waals surface area contributed by atoms with Crippen LogP contribution in [0.4, 0.5) is 5.69 Å². The maximum atomic E-state index is 6.09. The second-order valence-corrected chi connectivity index (χ2v) is 4.00. The van der Waals surface area contributed by atoms with Crippen LogP contribution in [0.25, 0.3) is 0 Å². The fourth-order valence-electron chi connectivity index (χ4n) is 1.69. The Labute approximate surface area is 78.9 Å². The van der Waals surface area contributed by atoms with Crippen LogP contribution in [0.3, 0.4) is 0 Å². The fourth-order valence-corrected chi connectivity index (χ4v) is 1.69. The lowest BCUT2D eigenvalue weighted by molar-refractivity contribution is 0.635. The number of rotatable bonds is 2. The second kappa shape index (κ2) is 3.04. The summed E-state index contributed by atoms with van der Waals surface area (Å²) in [6.45, 7) is 2.07. The number of nitrogen functional groups attached to an aromatic ring is 1. The molecule has 0 radical (unpaired) electrons. The third-order valence-corrected chi connectivity index (χ3v) is 2.73. The molecule has 1 saturated carbocycles. The molecule has 1 aliphatic carbocycles.